The molecule has 4 aromatic rings. The standard InChI is InChI=1S/C28H33ClN12O2/c29-23-16(5-10-21-22(23)25(32)39-28(33)38-21)14-37-18-7-3-15(4-8-18)26(42)35-11-1-2-12-36-27(43)19-9-6-17(30)13-20(19)24(31)40-41-34/h3-10,13,37,41H,1-2,11-12,14,30,34H2,(H2,31,40)(H,35,42)(H,36,43)(H4,32,33,38,39). The molecule has 3 aromatic carbocycles. The van der Waals surface area contributed by atoms with E-state index in [0.29, 0.717) is 70.8 Å². The van der Waals surface area contributed by atoms with E-state index in [9.17, 15) is 9.59 Å². The third-order valence-electron chi connectivity index (χ3n) is 6.48. The molecule has 0 atom stereocenters. The molecule has 2 amide bonds. The lowest BCUT2D eigenvalue weighted by atomic mass is 10.0. The highest BCUT2D eigenvalue weighted by Crippen LogP contribution is 2.31. The van der Waals surface area contributed by atoms with Crippen LogP contribution >= 0.6 is 11.6 Å². The lowest BCUT2D eigenvalue weighted by molar-refractivity contribution is 0.0939. The minimum atomic E-state index is -0.325. The summed E-state index contributed by atoms with van der Waals surface area (Å²) in [6.07, 6.45) is 1.31. The molecule has 4 rings (SSSR count). The largest absolute Gasteiger partial charge is 0.399 e. The SMILES string of the molecule is NN/N=C(\N)c1cc(N)ccc1C(=O)NCCCCNC(=O)c1ccc(NCc2ccc3nc(N)nc(N)c3c2Cl)cc1. The van der Waals surface area contributed by atoms with Gasteiger partial charge in [0.15, 0.2) is 5.84 Å². The average molecular weight is 605 g/mol. The second-order valence-electron chi connectivity index (χ2n) is 9.48. The van der Waals surface area contributed by atoms with E-state index in [0.717, 1.165) is 11.3 Å². The first-order chi connectivity index (χ1) is 20.7. The molecule has 1 heterocycles. The van der Waals surface area contributed by atoms with Gasteiger partial charge in [0.25, 0.3) is 11.8 Å². The van der Waals surface area contributed by atoms with Gasteiger partial charge in [-0.1, -0.05) is 17.7 Å². The van der Waals surface area contributed by atoms with Crippen LogP contribution in [0.15, 0.2) is 59.7 Å². The Bertz CT molecular complexity index is 1660. The van der Waals surface area contributed by atoms with Crippen LogP contribution in [-0.4, -0.2) is 40.7 Å². The van der Waals surface area contributed by atoms with Gasteiger partial charge in [-0.2, -0.15) is 4.98 Å². The van der Waals surface area contributed by atoms with Crippen molar-refractivity contribution in [3.63, 3.8) is 0 Å². The van der Waals surface area contributed by atoms with Crippen molar-refractivity contribution >= 4 is 63.3 Å². The van der Waals surface area contributed by atoms with Gasteiger partial charge in [0, 0.05) is 42.1 Å². The second kappa shape index (κ2) is 14.0. The molecule has 0 saturated heterocycles. The quantitative estimate of drug-likeness (QED) is 0.0281. The minimum absolute atomic E-state index is 0.0354. The summed E-state index contributed by atoms with van der Waals surface area (Å²) >= 11 is 6.56. The number of unbranched alkanes of at least 4 members (excludes halogenated alkanes) is 1. The van der Waals surface area contributed by atoms with Crippen molar-refractivity contribution < 1.29 is 9.59 Å². The predicted octanol–water partition coefficient (Wildman–Crippen LogP) is 1.67. The third kappa shape index (κ3) is 7.69. The van der Waals surface area contributed by atoms with Gasteiger partial charge in [-0.25, -0.2) is 16.4 Å². The number of nitrogens with zero attached hydrogens (tertiary/aromatic N) is 3. The topological polar surface area (TPSA) is 251 Å². The van der Waals surface area contributed by atoms with Gasteiger partial charge in [-0.3, -0.25) is 9.59 Å². The summed E-state index contributed by atoms with van der Waals surface area (Å²) < 4.78 is 0. The fourth-order valence-corrected chi connectivity index (χ4v) is 4.62. The third-order valence-corrected chi connectivity index (χ3v) is 6.91. The molecule has 43 heavy (non-hydrogen) atoms. The summed E-state index contributed by atoms with van der Waals surface area (Å²) in [6.45, 7) is 1.27. The van der Waals surface area contributed by atoms with Crippen molar-refractivity contribution in [2.75, 3.05) is 35.6 Å². The second-order valence-corrected chi connectivity index (χ2v) is 9.86. The summed E-state index contributed by atoms with van der Waals surface area (Å²) in [5, 5.41) is 13.7. The normalized spacial score (nSPS) is 11.3. The average Bonchev–Trinajstić information content (AvgIpc) is 2.98. The van der Waals surface area contributed by atoms with Crippen molar-refractivity contribution in [2.45, 2.75) is 19.4 Å². The molecule has 15 heteroatoms. The van der Waals surface area contributed by atoms with E-state index in [1.165, 1.54) is 0 Å². The maximum Gasteiger partial charge on any atom is 0.252 e. The maximum atomic E-state index is 12.6. The van der Waals surface area contributed by atoms with Crippen LogP contribution in [0.2, 0.25) is 5.02 Å². The Morgan fingerprint density at radius 2 is 1.56 bits per heavy atom. The van der Waals surface area contributed by atoms with Crippen molar-refractivity contribution in [3.8, 4) is 0 Å². The molecular formula is C28H33ClN12O2. The summed E-state index contributed by atoms with van der Waals surface area (Å²) in [5.74, 6) is 5.01. The van der Waals surface area contributed by atoms with Gasteiger partial charge in [0.05, 0.1) is 21.5 Å². The molecule has 14 N–H and O–H groups in total. The van der Waals surface area contributed by atoms with Crippen molar-refractivity contribution in [1.29, 1.82) is 0 Å². The number of carbonyl (C=O) groups excluding carboxylic acids is 2. The molecule has 0 bridgehead atoms. The van der Waals surface area contributed by atoms with Crippen LogP contribution in [0.5, 0.6) is 0 Å². The number of hydrazone groups is 1. The number of hydrazine groups is 1. The smallest absolute Gasteiger partial charge is 0.252 e. The van der Waals surface area contributed by atoms with Crippen LogP contribution in [0.3, 0.4) is 0 Å². The number of amidine groups is 1. The van der Waals surface area contributed by atoms with Gasteiger partial charge >= 0.3 is 0 Å². The number of halogens is 1. The van der Waals surface area contributed by atoms with E-state index in [1.807, 2.05) is 18.2 Å². The van der Waals surface area contributed by atoms with Crippen LogP contribution in [0, 0.1) is 0 Å². The van der Waals surface area contributed by atoms with E-state index in [2.05, 4.69) is 36.6 Å². The minimum Gasteiger partial charge on any atom is -0.399 e. The molecule has 0 saturated carbocycles. The molecular weight excluding hydrogens is 572 g/mol. The highest BCUT2D eigenvalue weighted by atomic mass is 35.5. The fraction of sp³-hybridized carbons (Fsp3) is 0.179. The summed E-state index contributed by atoms with van der Waals surface area (Å²) in [5.41, 5.74) is 29.3. The van der Waals surface area contributed by atoms with Crippen molar-refractivity contribution in [3.05, 3.63) is 81.9 Å². The van der Waals surface area contributed by atoms with E-state index in [4.69, 9.17) is 40.4 Å². The number of amides is 2. The number of hydrogen-bond donors (Lipinski definition) is 9. The van der Waals surface area contributed by atoms with Gasteiger partial charge in [0.1, 0.15) is 5.82 Å². The molecule has 0 aliphatic rings. The van der Waals surface area contributed by atoms with E-state index < -0.39 is 0 Å². The van der Waals surface area contributed by atoms with Gasteiger partial charge < -0.3 is 38.9 Å². The zero-order valence-corrected chi connectivity index (χ0v) is 23.9. The first-order valence-electron chi connectivity index (χ1n) is 13.3. The fourth-order valence-electron chi connectivity index (χ4n) is 4.30. The Balaban J connectivity index is 1.21. The Labute approximate surface area is 252 Å². The monoisotopic (exact) mass is 604 g/mol. The number of nitrogens with one attached hydrogen (secondary N) is 4. The molecule has 0 spiro atoms. The number of nitrogen functional groups attached to an aromatic ring is 3. The van der Waals surface area contributed by atoms with Crippen molar-refractivity contribution in [2.24, 2.45) is 16.7 Å². The Morgan fingerprint density at radius 1 is 0.860 bits per heavy atom. The van der Waals surface area contributed by atoms with Crippen LogP contribution in [-0.2, 0) is 6.54 Å². The van der Waals surface area contributed by atoms with Crippen LogP contribution < -0.4 is 50.3 Å². The van der Waals surface area contributed by atoms with Crippen molar-refractivity contribution in [1.82, 2.24) is 26.1 Å². The number of nitrogens with two attached hydrogens (primary N) is 5. The summed E-state index contributed by atoms with van der Waals surface area (Å²) in [4.78, 5) is 33.4. The highest BCUT2D eigenvalue weighted by Gasteiger charge is 2.15. The number of fused-ring (bicyclic) bond motifs is 1. The number of anilines is 4. The first-order valence-corrected chi connectivity index (χ1v) is 13.6. The number of aromatic nitrogens is 2. The number of benzene rings is 3. The molecule has 0 unspecified atom stereocenters. The summed E-state index contributed by atoms with van der Waals surface area (Å²) in [6, 6.07) is 15.4. The zero-order chi connectivity index (χ0) is 30.9. The number of hydrogen-bond acceptors (Lipinski definition) is 11. The predicted molar refractivity (Wildman–Crippen MR) is 170 cm³/mol. The highest BCUT2D eigenvalue weighted by molar-refractivity contribution is 6.37. The number of carbonyl (C=O) groups is 2. The Hall–Kier alpha value is -5.34. The molecule has 14 nitrogen and oxygen atoms in total. The van der Waals surface area contributed by atoms with E-state index in [1.54, 1.807) is 36.4 Å². The zero-order valence-electron chi connectivity index (χ0n) is 23.2. The van der Waals surface area contributed by atoms with Gasteiger partial charge in [0.2, 0.25) is 5.95 Å². The maximum absolute atomic E-state index is 12.6. The Morgan fingerprint density at radius 3 is 2.26 bits per heavy atom. The molecule has 0 aliphatic carbocycles. The summed E-state index contributed by atoms with van der Waals surface area (Å²) in [7, 11) is 0. The molecule has 1 aromatic heterocycles. The van der Waals surface area contributed by atoms with Crippen LogP contribution in [0.1, 0.15) is 44.7 Å². The van der Waals surface area contributed by atoms with Gasteiger partial charge in [-0.15, -0.1) is 5.10 Å². The first kappa shape index (κ1) is 30.6. The number of rotatable bonds is 12. The molecule has 0 fully saturated rings. The van der Waals surface area contributed by atoms with E-state index in [-0.39, 0.29) is 29.4 Å². The lowest BCUT2D eigenvalue weighted by Crippen LogP contribution is -2.30. The van der Waals surface area contributed by atoms with Gasteiger partial charge in [-0.05, 0) is 66.9 Å². The lowest BCUT2D eigenvalue weighted by Gasteiger charge is -2.12. The van der Waals surface area contributed by atoms with E-state index >= 15 is 0 Å². The molecule has 0 radical (unpaired) electrons. The molecule has 224 valence electrons. The van der Waals surface area contributed by atoms with Crippen LogP contribution in [0.4, 0.5) is 23.1 Å². The molecule has 0 aliphatic heterocycles. The Kier molecular flexibility index (Phi) is 9.98. The van der Waals surface area contributed by atoms with Crippen LogP contribution in [0.25, 0.3) is 10.9 Å².